The quantitative estimate of drug-likeness (QED) is 0.477. The van der Waals surface area contributed by atoms with Gasteiger partial charge in [-0.25, -0.2) is 9.48 Å². The number of aromatic nitrogens is 2. The van der Waals surface area contributed by atoms with Gasteiger partial charge in [-0.3, -0.25) is 4.79 Å². The fourth-order valence-corrected chi connectivity index (χ4v) is 3.37. The Balaban J connectivity index is 1.67. The monoisotopic (exact) mass is 423 g/mol. The lowest BCUT2D eigenvalue weighted by molar-refractivity contribution is 0.102. The number of amides is 1. The highest BCUT2D eigenvalue weighted by atomic mass is 35.5. The fraction of sp³-hybridized carbons (Fsp3) is 0.136. The van der Waals surface area contributed by atoms with E-state index >= 15 is 0 Å². The van der Waals surface area contributed by atoms with Crippen LogP contribution in [-0.2, 0) is 0 Å². The zero-order valence-corrected chi connectivity index (χ0v) is 17.0. The lowest BCUT2D eigenvalue weighted by Gasteiger charge is -2.17. The van der Waals surface area contributed by atoms with Gasteiger partial charge in [-0.1, -0.05) is 23.7 Å². The Morgan fingerprint density at radius 1 is 1.17 bits per heavy atom. The number of carbonyl (C=O) groups excluding carboxylic acids is 1. The van der Waals surface area contributed by atoms with Crippen molar-refractivity contribution in [1.82, 2.24) is 9.78 Å². The molecule has 2 aromatic carbocycles. The number of halogens is 1. The number of methoxy groups -OCH3 is 1. The largest absolute Gasteiger partial charge is 0.497 e. The Morgan fingerprint density at radius 2 is 1.93 bits per heavy atom. The molecule has 1 N–H and O–H groups in total. The first-order valence-electron chi connectivity index (χ1n) is 9.18. The fourth-order valence-electron chi connectivity index (χ4n) is 3.25. The highest BCUT2D eigenvalue weighted by Crippen LogP contribution is 2.25. The minimum absolute atomic E-state index is 0.144. The van der Waals surface area contributed by atoms with Crippen LogP contribution < -0.4 is 15.7 Å². The van der Waals surface area contributed by atoms with Crippen molar-refractivity contribution >= 4 is 34.3 Å². The standard InChI is InChI=1S/C22H18ClN3O4/c1-13(14-3-5-15(23)6-4-14)26-20(9-10-24-26)25-22(28)18-12-21(27)30-19-11-16(29-2)7-8-17(18)19/h3-13H,1-2H3,(H,25,28). The van der Waals surface area contributed by atoms with E-state index in [9.17, 15) is 9.59 Å². The van der Waals surface area contributed by atoms with Crippen molar-refractivity contribution in [3.05, 3.63) is 87.4 Å². The van der Waals surface area contributed by atoms with E-state index in [0.717, 1.165) is 5.56 Å². The summed E-state index contributed by atoms with van der Waals surface area (Å²) in [5.74, 6) is 0.582. The lowest BCUT2D eigenvalue weighted by Crippen LogP contribution is -2.19. The molecule has 0 saturated heterocycles. The van der Waals surface area contributed by atoms with Gasteiger partial charge in [0.05, 0.1) is 24.9 Å². The van der Waals surface area contributed by atoms with Crippen molar-refractivity contribution < 1.29 is 13.9 Å². The van der Waals surface area contributed by atoms with Crippen LogP contribution in [0.2, 0.25) is 5.02 Å². The molecule has 0 aliphatic heterocycles. The number of carbonyl (C=O) groups is 1. The van der Waals surface area contributed by atoms with Crippen LogP contribution in [0.1, 0.15) is 28.9 Å². The molecule has 8 heteroatoms. The van der Waals surface area contributed by atoms with Crippen LogP contribution >= 0.6 is 11.6 Å². The summed E-state index contributed by atoms with van der Waals surface area (Å²) in [7, 11) is 1.51. The minimum atomic E-state index is -0.621. The summed E-state index contributed by atoms with van der Waals surface area (Å²) in [5.41, 5.74) is 0.839. The van der Waals surface area contributed by atoms with Crippen LogP contribution in [0.3, 0.4) is 0 Å². The van der Waals surface area contributed by atoms with E-state index in [-0.39, 0.29) is 17.2 Å². The van der Waals surface area contributed by atoms with Gasteiger partial charge in [0, 0.05) is 28.6 Å². The molecular formula is C22H18ClN3O4. The van der Waals surface area contributed by atoms with Gasteiger partial charge in [-0.05, 0) is 36.8 Å². The molecular weight excluding hydrogens is 406 g/mol. The number of fused-ring (bicyclic) bond motifs is 1. The van der Waals surface area contributed by atoms with E-state index < -0.39 is 11.5 Å². The van der Waals surface area contributed by atoms with E-state index in [4.69, 9.17) is 20.8 Å². The SMILES string of the molecule is COc1ccc2c(C(=O)Nc3ccnn3C(C)c3ccc(Cl)cc3)cc(=O)oc2c1. The number of hydrogen-bond donors (Lipinski definition) is 1. The molecule has 30 heavy (non-hydrogen) atoms. The number of hydrogen-bond acceptors (Lipinski definition) is 5. The third-order valence-electron chi connectivity index (χ3n) is 4.83. The molecule has 152 valence electrons. The maximum absolute atomic E-state index is 13.0. The van der Waals surface area contributed by atoms with Gasteiger partial charge in [-0.2, -0.15) is 5.10 Å². The first-order valence-corrected chi connectivity index (χ1v) is 9.56. The molecule has 0 radical (unpaired) electrons. The third-order valence-corrected chi connectivity index (χ3v) is 5.08. The summed E-state index contributed by atoms with van der Waals surface area (Å²) in [6.07, 6.45) is 1.60. The molecule has 1 amide bonds. The van der Waals surface area contributed by atoms with E-state index in [1.165, 1.54) is 13.2 Å². The van der Waals surface area contributed by atoms with Crippen LogP contribution in [0, 0.1) is 0 Å². The molecule has 1 atom stereocenters. The Labute approximate surface area is 176 Å². The summed E-state index contributed by atoms with van der Waals surface area (Å²) in [6.45, 7) is 1.96. The maximum Gasteiger partial charge on any atom is 0.337 e. The summed E-state index contributed by atoms with van der Waals surface area (Å²) in [4.78, 5) is 25.0. The van der Waals surface area contributed by atoms with E-state index in [1.54, 1.807) is 47.3 Å². The number of nitrogens with zero attached hydrogens (tertiary/aromatic N) is 2. The molecule has 7 nitrogen and oxygen atoms in total. The maximum atomic E-state index is 13.0. The van der Waals surface area contributed by atoms with Crippen LogP contribution in [-0.4, -0.2) is 22.8 Å². The molecule has 2 heterocycles. The van der Waals surface area contributed by atoms with Crippen LogP contribution in [0.15, 0.2) is 70.0 Å². The zero-order valence-electron chi connectivity index (χ0n) is 16.3. The summed E-state index contributed by atoms with van der Waals surface area (Å²) < 4.78 is 12.1. The highest BCUT2D eigenvalue weighted by Gasteiger charge is 2.18. The molecule has 0 aliphatic carbocycles. The van der Waals surface area contributed by atoms with Crippen LogP contribution in [0.25, 0.3) is 11.0 Å². The summed E-state index contributed by atoms with van der Waals surface area (Å²) >= 11 is 5.97. The first-order chi connectivity index (χ1) is 14.5. The second-order valence-corrected chi connectivity index (χ2v) is 7.12. The number of nitrogens with one attached hydrogen (secondary N) is 1. The molecule has 0 spiro atoms. The molecule has 1 unspecified atom stereocenters. The minimum Gasteiger partial charge on any atom is -0.497 e. The van der Waals surface area contributed by atoms with Gasteiger partial charge in [-0.15, -0.1) is 0 Å². The highest BCUT2D eigenvalue weighted by molar-refractivity contribution is 6.30. The van der Waals surface area contributed by atoms with E-state index in [1.807, 2.05) is 19.1 Å². The van der Waals surface area contributed by atoms with Crippen LogP contribution in [0.5, 0.6) is 5.75 Å². The second-order valence-electron chi connectivity index (χ2n) is 6.68. The Hall–Kier alpha value is -3.58. The Bertz CT molecular complexity index is 1280. The Morgan fingerprint density at radius 3 is 2.67 bits per heavy atom. The molecule has 0 saturated carbocycles. The predicted octanol–water partition coefficient (Wildman–Crippen LogP) is 4.51. The molecule has 2 aromatic heterocycles. The molecule has 0 fully saturated rings. The van der Waals surface area contributed by atoms with Gasteiger partial charge >= 0.3 is 5.63 Å². The van der Waals surface area contributed by atoms with Gasteiger partial charge in [0.25, 0.3) is 5.91 Å². The summed E-state index contributed by atoms with van der Waals surface area (Å²) in [5, 5.41) is 8.33. The average Bonchev–Trinajstić information content (AvgIpc) is 3.20. The van der Waals surface area contributed by atoms with Crippen LogP contribution in [0.4, 0.5) is 5.82 Å². The van der Waals surface area contributed by atoms with Crippen molar-refractivity contribution in [2.24, 2.45) is 0 Å². The molecule has 4 rings (SSSR count). The first kappa shape index (κ1) is 19.7. The van der Waals surface area contributed by atoms with Crippen molar-refractivity contribution in [1.29, 1.82) is 0 Å². The second kappa shape index (κ2) is 8.04. The van der Waals surface area contributed by atoms with Gasteiger partial charge in [0.15, 0.2) is 0 Å². The lowest BCUT2D eigenvalue weighted by atomic mass is 10.1. The zero-order chi connectivity index (χ0) is 21.3. The predicted molar refractivity (Wildman–Crippen MR) is 114 cm³/mol. The number of ether oxygens (including phenoxy) is 1. The van der Waals surface area contributed by atoms with Gasteiger partial charge in [0.2, 0.25) is 0 Å². The molecule has 0 aliphatic rings. The number of anilines is 1. The summed E-state index contributed by atoms with van der Waals surface area (Å²) in [6, 6.07) is 15.1. The third kappa shape index (κ3) is 3.79. The number of benzene rings is 2. The molecule has 4 aromatic rings. The van der Waals surface area contributed by atoms with Crippen molar-refractivity contribution in [3.8, 4) is 5.75 Å². The average molecular weight is 424 g/mol. The van der Waals surface area contributed by atoms with Gasteiger partial charge in [0.1, 0.15) is 17.2 Å². The van der Waals surface area contributed by atoms with Crippen molar-refractivity contribution in [2.75, 3.05) is 12.4 Å². The van der Waals surface area contributed by atoms with Crippen molar-refractivity contribution in [3.63, 3.8) is 0 Å². The normalized spacial score (nSPS) is 12.0. The topological polar surface area (TPSA) is 86.4 Å². The van der Waals surface area contributed by atoms with Gasteiger partial charge < -0.3 is 14.5 Å². The van der Waals surface area contributed by atoms with E-state index in [2.05, 4.69) is 10.4 Å². The Kier molecular flexibility index (Phi) is 5.29. The number of rotatable bonds is 5. The van der Waals surface area contributed by atoms with Crippen molar-refractivity contribution in [2.45, 2.75) is 13.0 Å². The van der Waals surface area contributed by atoms with E-state index in [0.29, 0.717) is 22.0 Å². The smallest absolute Gasteiger partial charge is 0.337 e. The molecule has 0 bridgehead atoms.